The van der Waals surface area contributed by atoms with Crippen molar-refractivity contribution in [3.8, 4) is 11.5 Å². The first kappa shape index (κ1) is 13.6. The number of fused-ring (bicyclic) bond motifs is 1. The largest absolute Gasteiger partial charge is 0.497 e. The van der Waals surface area contributed by atoms with Crippen molar-refractivity contribution in [2.45, 2.75) is 19.1 Å². The molecule has 108 valence electrons. The van der Waals surface area contributed by atoms with Crippen molar-refractivity contribution in [2.75, 3.05) is 7.11 Å². The minimum absolute atomic E-state index is 0.305. The minimum Gasteiger partial charge on any atom is -0.497 e. The highest BCUT2D eigenvalue weighted by molar-refractivity contribution is 6.03. The summed E-state index contributed by atoms with van der Waals surface area (Å²) in [7, 11) is 1.59. The first-order valence-electron chi connectivity index (χ1n) is 6.73. The Bertz CT molecular complexity index is 676. The van der Waals surface area contributed by atoms with Crippen molar-refractivity contribution in [1.29, 1.82) is 0 Å². The van der Waals surface area contributed by atoms with Gasteiger partial charge in [0.25, 0.3) is 0 Å². The predicted molar refractivity (Wildman–Crippen MR) is 77.9 cm³/mol. The van der Waals surface area contributed by atoms with Gasteiger partial charge in [0.2, 0.25) is 0 Å². The molecule has 2 unspecified atom stereocenters. The van der Waals surface area contributed by atoms with Crippen molar-refractivity contribution in [3.63, 3.8) is 0 Å². The maximum Gasteiger partial charge on any atom is 0.199 e. The molecule has 2 aromatic rings. The van der Waals surface area contributed by atoms with Crippen LogP contribution in [-0.2, 0) is 0 Å². The van der Waals surface area contributed by atoms with Crippen LogP contribution in [0.4, 0.5) is 0 Å². The molecule has 0 amide bonds. The number of hydrogen-bond acceptors (Lipinski definition) is 4. The molecule has 0 saturated carbocycles. The van der Waals surface area contributed by atoms with E-state index >= 15 is 0 Å². The number of carbonyl (C=O) groups is 1. The van der Waals surface area contributed by atoms with Crippen LogP contribution in [-0.4, -0.2) is 24.1 Å². The summed E-state index contributed by atoms with van der Waals surface area (Å²) < 4.78 is 10.9. The van der Waals surface area contributed by atoms with E-state index in [0.29, 0.717) is 17.1 Å². The number of benzene rings is 2. The van der Waals surface area contributed by atoms with Gasteiger partial charge in [0.05, 0.1) is 12.7 Å². The van der Waals surface area contributed by atoms with E-state index in [9.17, 15) is 9.90 Å². The van der Waals surface area contributed by atoms with Crippen molar-refractivity contribution in [3.05, 3.63) is 59.2 Å². The van der Waals surface area contributed by atoms with Crippen LogP contribution in [0.1, 0.15) is 27.6 Å². The van der Waals surface area contributed by atoms with Crippen LogP contribution >= 0.6 is 0 Å². The molecule has 0 spiro atoms. The molecule has 0 bridgehead atoms. The quantitative estimate of drug-likeness (QED) is 0.921. The van der Waals surface area contributed by atoms with Gasteiger partial charge in [-0.25, -0.2) is 0 Å². The van der Waals surface area contributed by atoms with Crippen LogP contribution in [0.2, 0.25) is 0 Å². The van der Waals surface area contributed by atoms with Crippen LogP contribution in [0.25, 0.3) is 0 Å². The summed E-state index contributed by atoms with van der Waals surface area (Å²) >= 11 is 0. The topological polar surface area (TPSA) is 55.8 Å². The molecule has 0 fully saturated rings. The summed E-state index contributed by atoms with van der Waals surface area (Å²) in [5, 5.41) is 10.2. The fraction of sp³-hybridized carbons (Fsp3) is 0.235. The third-order valence-corrected chi connectivity index (χ3v) is 3.65. The number of hydrogen-bond donors (Lipinski definition) is 1. The Morgan fingerprint density at radius 3 is 2.52 bits per heavy atom. The molecular formula is C17H16O4. The number of aryl methyl sites for hydroxylation is 1. The second-order valence-corrected chi connectivity index (χ2v) is 5.12. The third kappa shape index (κ3) is 2.38. The fourth-order valence-corrected chi connectivity index (χ4v) is 2.48. The second-order valence-electron chi connectivity index (χ2n) is 5.12. The van der Waals surface area contributed by atoms with Gasteiger partial charge in [-0.2, -0.15) is 0 Å². The van der Waals surface area contributed by atoms with E-state index in [0.717, 1.165) is 11.1 Å². The number of aliphatic hydroxyl groups is 1. The minimum atomic E-state index is -1.20. The average molecular weight is 284 g/mol. The summed E-state index contributed by atoms with van der Waals surface area (Å²) in [5.74, 6) is 0.920. The Morgan fingerprint density at radius 1 is 1.14 bits per heavy atom. The highest BCUT2D eigenvalue weighted by atomic mass is 16.5. The van der Waals surface area contributed by atoms with Gasteiger partial charge in [-0.1, -0.05) is 23.8 Å². The molecule has 4 nitrogen and oxygen atoms in total. The zero-order chi connectivity index (χ0) is 15.0. The molecule has 3 rings (SSSR count). The van der Waals surface area contributed by atoms with Crippen molar-refractivity contribution < 1.29 is 19.4 Å². The number of rotatable bonds is 2. The molecular weight excluding hydrogens is 268 g/mol. The molecule has 21 heavy (non-hydrogen) atoms. The average Bonchev–Trinajstić information content (AvgIpc) is 2.51. The number of ether oxygens (including phenoxy) is 2. The van der Waals surface area contributed by atoms with Crippen LogP contribution < -0.4 is 9.47 Å². The fourth-order valence-electron chi connectivity index (χ4n) is 2.48. The normalized spacial score (nSPS) is 20.6. The Hall–Kier alpha value is -2.33. The summed E-state index contributed by atoms with van der Waals surface area (Å²) in [5.41, 5.74) is 2.14. The van der Waals surface area contributed by atoms with Gasteiger partial charge in [-0.15, -0.1) is 0 Å². The molecule has 2 aromatic carbocycles. The lowest BCUT2D eigenvalue weighted by Crippen LogP contribution is -2.36. The smallest absolute Gasteiger partial charge is 0.199 e. The molecule has 2 atom stereocenters. The molecule has 1 aliphatic heterocycles. The number of ketones is 1. The first-order chi connectivity index (χ1) is 10.1. The standard InChI is InChI=1S/C17H16O4/c1-10-3-8-14-13(9-10)15(18)16(19)17(21-14)11-4-6-12(20-2)7-5-11/h3-9,16-17,19H,1-2H3. The number of carbonyl (C=O) groups excluding carboxylic acids is 1. The molecule has 1 heterocycles. The van der Waals surface area contributed by atoms with Gasteiger partial charge in [0.15, 0.2) is 18.0 Å². The highest BCUT2D eigenvalue weighted by Crippen LogP contribution is 2.36. The molecule has 1 N–H and O–H groups in total. The van der Waals surface area contributed by atoms with Crippen molar-refractivity contribution >= 4 is 5.78 Å². The van der Waals surface area contributed by atoms with Crippen molar-refractivity contribution in [2.24, 2.45) is 0 Å². The number of Topliss-reactive ketones (excluding diaryl/α,β-unsaturated/α-hetero) is 1. The lowest BCUT2D eigenvalue weighted by atomic mass is 9.93. The van der Waals surface area contributed by atoms with Gasteiger partial charge < -0.3 is 14.6 Å². The van der Waals surface area contributed by atoms with E-state index in [2.05, 4.69) is 0 Å². The molecule has 0 aliphatic carbocycles. The first-order valence-corrected chi connectivity index (χ1v) is 6.73. The van der Waals surface area contributed by atoms with Crippen LogP contribution in [0, 0.1) is 6.92 Å². The molecule has 4 heteroatoms. The van der Waals surface area contributed by atoms with Crippen molar-refractivity contribution in [1.82, 2.24) is 0 Å². The van der Waals surface area contributed by atoms with Crippen LogP contribution in [0.3, 0.4) is 0 Å². The van der Waals surface area contributed by atoms with Crippen LogP contribution in [0.15, 0.2) is 42.5 Å². The van der Waals surface area contributed by atoms with E-state index in [1.807, 2.05) is 13.0 Å². The van der Waals surface area contributed by atoms with Gasteiger partial charge in [0.1, 0.15) is 11.5 Å². The van der Waals surface area contributed by atoms with Gasteiger partial charge in [-0.05, 0) is 36.8 Å². The Morgan fingerprint density at radius 2 is 1.86 bits per heavy atom. The highest BCUT2D eigenvalue weighted by Gasteiger charge is 2.36. The Kier molecular flexibility index (Phi) is 3.39. The maximum absolute atomic E-state index is 12.3. The maximum atomic E-state index is 12.3. The predicted octanol–water partition coefficient (Wildman–Crippen LogP) is 2.68. The zero-order valence-electron chi connectivity index (χ0n) is 11.9. The lowest BCUT2D eigenvalue weighted by molar-refractivity contribution is 0.0216. The van der Waals surface area contributed by atoms with Gasteiger partial charge in [0, 0.05) is 0 Å². The Balaban J connectivity index is 1.97. The molecule has 1 aliphatic rings. The second kappa shape index (κ2) is 5.22. The van der Waals surface area contributed by atoms with Gasteiger partial charge >= 0.3 is 0 Å². The van der Waals surface area contributed by atoms with E-state index in [-0.39, 0.29) is 5.78 Å². The summed E-state index contributed by atoms with van der Waals surface area (Å²) in [4.78, 5) is 12.3. The molecule has 0 aromatic heterocycles. The van der Waals surface area contributed by atoms with Gasteiger partial charge in [-0.3, -0.25) is 4.79 Å². The molecule has 0 saturated heterocycles. The number of methoxy groups -OCH3 is 1. The van der Waals surface area contributed by atoms with E-state index < -0.39 is 12.2 Å². The lowest BCUT2D eigenvalue weighted by Gasteiger charge is -2.30. The summed E-state index contributed by atoms with van der Waals surface area (Å²) in [6, 6.07) is 12.5. The van der Waals surface area contributed by atoms with E-state index in [4.69, 9.17) is 9.47 Å². The third-order valence-electron chi connectivity index (χ3n) is 3.65. The Labute approximate surface area is 122 Å². The van der Waals surface area contributed by atoms with E-state index in [1.54, 1.807) is 43.5 Å². The van der Waals surface area contributed by atoms with Crippen LogP contribution in [0.5, 0.6) is 11.5 Å². The monoisotopic (exact) mass is 284 g/mol. The molecule has 0 radical (unpaired) electrons. The zero-order valence-corrected chi connectivity index (χ0v) is 11.9. The number of aliphatic hydroxyl groups excluding tert-OH is 1. The SMILES string of the molecule is COc1ccc(C2Oc3ccc(C)cc3C(=O)C2O)cc1. The van der Waals surface area contributed by atoms with E-state index in [1.165, 1.54) is 0 Å². The summed E-state index contributed by atoms with van der Waals surface area (Å²) in [6.07, 6.45) is -1.90. The summed E-state index contributed by atoms with van der Waals surface area (Å²) in [6.45, 7) is 1.90.